The van der Waals surface area contributed by atoms with Crippen molar-refractivity contribution in [2.75, 3.05) is 17.6 Å². The number of carbonyl (C=O) groups excluding carboxylic acids is 3. The maximum atomic E-state index is 11.9. The predicted octanol–water partition coefficient (Wildman–Crippen LogP) is 0.911. The Kier molecular flexibility index (Phi) is 3.16. The molecular formula is C15H17N3O3. The molecule has 3 rings (SSSR count). The van der Waals surface area contributed by atoms with E-state index < -0.39 is 0 Å². The van der Waals surface area contributed by atoms with E-state index in [-0.39, 0.29) is 42.5 Å². The third-order valence-electron chi connectivity index (χ3n) is 4.17. The molecule has 3 amide bonds. The van der Waals surface area contributed by atoms with Crippen LogP contribution in [0.15, 0.2) is 18.2 Å². The molecule has 3 N–H and O–H groups in total. The lowest BCUT2D eigenvalue weighted by molar-refractivity contribution is -0.141. The number of likely N-dealkylation sites (tertiary alicyclic amines) is 1. The first kappa shape index (κ1) is 13.6. The molecule has 6 heteroatoms. The summed E-state index contributed by atoms with van der Waals surface area (Å²) in [6.45, 7) is 1.98. The number of rotatable bonds is 4. The molecule has 1 aliphatic carbocycles. The number of nitrogen functional groups attached to an aromatic ring is 1. The highest BCUT2D eigenvalue weighted by molar-refractivity contribution is 6.09. The summed E-state index contributed by atoms with van der Waals surface area (Å²) in [6.07, 6.45) is 0.786. The Morgan fingerprint density at radius 2 is 2.00 bits per heavy atom. The van der Waals surface area contributed by atoms with Crippen LogP contribution in [0.4, 0.5) is 11.4 Å². The van der Waals surface area contributed by atoms with Gasteiger partial charge in [-0.05, 0) is 31.0 Å². The van der Waals surface area contributed by atoms with Gasteiger partial charge in [0.05, 0.1) is 11.8 Å². The lowest BCUT2D eigenvalue weighted by Gasteiger charge is -2.16. The van der Waals surface area contributed by atoms with Gasteiger partial charge in [0.25, 0.3) is 0 Å². The molecule has 1 heterocycles. The molecule has 1 saturated carbocycles. The summed E-state index contributed by atoms with van der Waals surface area (Å²) < 4.78 is 0. The number of piperidine rings is 1. The number of fused-ring (bicyclic) bond motifs is 1. The summed E-state index contributed by atoms with van der Waals surface area (Å²) >= 11 is 0. The summed E-state index contributed by atoms with van der Waals surface area (Å²) in [6, 6.07) is 5.29. The van der Waals surface area contributed by atoms with E-state index in [9.17, 15) is 14.4 Å². The summed E-state index contributed by atoms with van der Waals surface area (Å²) in [7, 11) is 0. The first-order chi connectivity index (χ1) is 9.99. The zero-order chi connectivity index (χ0) is 15.1. The highest BCUT2D eigenvalue weighted by Gasteiger charge is 2.58. The second kappa shape index (κ2) is 4.87. The molecule has 2 atom stereocenters. The fourth-order valence-electron chi connectivity index (χ4n) is 2.69. The van der Waals surface area contributed by atoms with E-state index in [1.54, 1.807) is 18.2 Å². The first-order valence-electron chi connectivity index (χ1n) is 6.99. The molecule has 0 bridgehead atoms. The third kappa shape index (κ3) is 2.37. The maximum Gasteiger partial charge on any atom is 0.233 e. The lowest BCUT2D eigenvalue weighted by atomic mass is 10.1. The Bertz CT molecular complexity index is 621. The molecule has 110 valence electrons. The van der Waals surface area contributed by atoms with Gasteiger partial charge in [0, 0.05) is 24.3 Å². The van der Waals surface area contributed by atoms with Crippen LogP contribution in [0.3, 0.4) is 0 Å². The van der Waals surface area contributed by atoms with Gasteiger partial charge in [-0.15, -0.1) is 0 Å². The Morgan fingerprint density at radius 1 is 1.33 bits per heavy atom. The van der Waals surface area contributed by atoms with Crippen molar-refractivity contribution in [1.29, 1.82) is 0 Å². The van der Waals surface area contributed by atoms with Crippen LogP contribution in [0.1, 0.15) is 18.4 Å². The average Bonchev–Trinajstić information content (AvgIpc) is 3.19. The van der Waals surface area contributed by atoms with Crippen molar-refractivity contribution in [3.8, 4) is 0 Å². The average molecular weight is 287 g/mol. The number of anilines is 2. The molecule has 0 aromatic heterocycles. The van der Waals surface area contributed by atoms with Crippen molar-refractivity contribution in [2.24, 2.45) is 11.8 Å². The van der Waals surface area contributed by atoms with Gasteiger partial charge in [0.2, 0.25) is 17.7 Å². The van der Waals surface area contributed by atoms with E-state index in [1.807, 2.05) is 6.92 Å². The molecule has 1 aromatic carbocycles. The van der Waals surface area contributed by atoms with Gasteiger partial charge in [0.15, 0.2) is 0 Å². The quantitative estimate of drug-likeness (QED) is 0.636. The monoisotopic (exact) mass is 287 g/mol. The SMILES string of the molecule is Cc1c(N)cccc1NC(=O)CCN1C(=O)C2CC2C1=O. The number of hydrogen-bond acceptors (Lipinski definition) is 4. The van der Waals surface area contributed by atoms with Gasteiger partial charge in [-0.1, -0.05) is 6.07 Å². The van der Waals surface area contributed by atoms with Crippen molar-refractivity contribution in [3.63, 3.8) is 0 Å². The molecule has 0 spiro atoms. The van der Waals surface area contributed by atoms with Crippen molar-refractivity contribution < 1.29 is 14.4 Å². The number of amides is 3. The lowest BCUT2D eigenvalue weighted by Crippen LogP contribution is -2.35. The summed E-state index contributed by atoms with van der Waals surface area (Å²) in [5.74, 6) is -0.714. The fourth-order valence-corrected chi connectivity index (χ4v) is 2.69. The Morgan fingerprint density at radius 3 is 2.67 bits per heavy atom. The van der Waals surface area contributed by atoms with E-state index in [1.165, 1.54) is 4.90 Å². The van der Waals surface area contributed by atoms with E-state index in [4.69, 9.17) is 5.73 Å². The van der Waals surface area contributed by atoms with Gasteiger partial charge in [-0.3, -0.25) is 19.3 Å². The van der Waals surface area contributed by atoms with Crippen LogP contribution in [0.5, 0.6) is 0 Å². The minimum absolute atomic E-state index is 0.102. The highest BCUT2D eigenvalue weighted by Crippen LogP contribution is 2.46. The Hall–Kier alpha value is -2.37. The van der Waals surface area contributed by atoms with E-state index >= 15 is 0 Å². The van der Waals surface area contributed by atoms with Crippen LogP contribution in [0, 0.1) is 18.8 Å². The van der Waals surface area contributed by atoms with Crippen LogP contribution in [0.2, 0.25) is 0 Å². The molecule has 1 aliphatic heterocycles. The first-order valence-corrected chi connectivity index (χ1v) is 6.99. The number of benzene rings is 1. The van der Waals surface area contributed by atoms with Gasteiger partial charge >= 0.3 is 0 Å². The van der Waals surface area contributed by atoms with E-state index in [2.05, 4.69) is 5.32 Å². The van der Waals surface area contributed by atoms with Gasteiger partial charge in [0.1, 0.15) is 0 Å². The van der Waals surface area contributed by atoms with E-state index in [0.29, 0.717) is 17.8 Å². The van der Waals surface area contributed by atoms with Crippen molar-refractivity contribution in [1.82, 2.24) is 4.90 Å². The minimum atomic E-state index is -0.232. The molecular weight excluding hydrogens is 270 g/mol. The third-order valence-corrected chi connectivity index (χ3v) is 4.17. The highest BCUT2D eigenvalue weighted by atomic mass is 16.2. The topological polar surface area (TPSA) is 92.5 Å². The molecule has 21 heavy (non-hydrogen) atoms. The number of nitrogens with zero attached hydrogens (tertiary/aromatic N) is 1. The van der Waals surface area contributed by atoms with Crippen LogP contribution in [-0.2, 0) is 14.4 Å². The Labute approximate surface area is 122 Å². The molecule has 1 saturated heterocycles. The molecule has 6 nitrogen and oxygen atoms in total. The number of nitrogens with two attached hydrogens (primary N) is 1. The Balaban J connectivity index is 1.56. The minimum Gasteiger partial charge on any atom is -0.398 e. The summed E-state index contributed by atoms with van der Waals surface area (Å²) in [5.41, 5.74) is 7.85. The zero-order valence-corrected chi connectivity index (χ0v) is 11.8. The van der Waals surface area contributed by atoms with Crippen molar-refractivity contribution in [2.45, 2.75) is 19.8 Å². The smallest absolute Gasteiger partial charge is 0.233 e. The van der Waals surface area contributed by atoms with Crippen LogP contribution >= 0.6 is 0 Å². The fraction of sp³-hybridized carbons (Fsp3) is 0.400. The maximum absolute atomic E-state index is 11.9. The zero-order valence-electron chi connectivity index (χ0n) is 11.8. The number of nitrogens with one attached hydrogen (secondary N) is 1. The molecule has 2 fully saturated rings. The second-order valence-electron chi connectivity index (χ2n) is 5.59. The normalized spacial score (nSPS) is 23.2. The second-order valence-corrected chi connectivity index (χ2v) is 5.59. The van der Waals surface area contributed by atoms with Crippen LogP contribution in [-0.4, -0.2) is 29.2 Å². The summed E-state index contributed by atoms with van der Waals surface area (Å²) in [4.78, 5) is 36.7. The predicted molar refractivity (Wildman–Crippen MR) is 77.2 cm³/mol. The van der Waals surface area contributed by atoms with Gasteiger partial charge < -0.3 is 11.1 Å². The summed E-state index contributed by atoms with van der Waals surface area (Å²) in [5, 5.41) is 2.76. The number of hydrogen-bond donors (Lipinski definition) is 2. The molecule has 2 unspecified atom stereocenters. The number of carbonyl (C=O) groups is 3. The molecule has 1 aromatic rings. The van der Waals surface area contributed by atoms with Crippen LogP contribution < -0.4 is 11.1 Å². The van der Waals surface area contributed by atoms with E-state index in [0.717, 1.165) is 5.56 Å². The van der Waals surface area contributed by atoms with Crippen molar-refractivity contribution >= 4 is 29.1 Å². The van der Waals surface area contributed by atoms with Gasteiger partial charge in [-0.2, -0.15) is 0 Å². The number of imide groups is 1. The molecule has 2 aliphatic rings. The standard InChI is InChI=1S/C15H17N3O3/c1-8-11(16)3-2-4-12(8)17-13(19)5-6-18-14(20)9-7-10(9)15(18)21/h2-4,9-10H,5-7,16H2,1H3,(H,17,19). The van der Waals surface area contributed by atoms with Gasteiger partial charge in [-0.25, -0.2) is 0 Å². The van der Waals surface area contributed by atoms with Crippen LogP contribution in [0.25, 0.3) is 0 Å². The van der Waals surface area contributed by atoms with Crippen molar-refractivity contribution in [3.05, 3.63) is 23.8 Å². The molecule has 0 radical (unpaired) electrons. The largest absolute Gasteiger partial charge is 0.398 e.